The summed E-state index contributed by atoms with van der Waals surface area (Å²) in [5.74, 6) is 1.42. The van der Waals surface area contributed by atoms with Crippen molar-refractivity contribution in [1.29, 1.82) is 0 Å². The molecule has 1 aromatic carbocycles. The molecule has 2 rings (SSSR count). The second kappa shape index (κ2) is 5.25. The molecule has 0 N–H and O–H groups in total. The van der Waals surface area contributed by atoms with Crippen molar-refractivity contribution in [2.24, 2.45) is 0 Å². The molecule has 0 radical (unpaired) electrons. The quantitative estimate of drug-likeness (QED) is 0.820. The summed E-state index contributed by atoms with van der Waals surface area (Å²) in [6.45, 7) is 9.03. The maximum absolute atomic E-state index is 5.74. The predicted octanol–water partition coefficient (Wildman–Crippen LogP) is 3.70. The van der Waals surface area contributed by atoms with Crippen molar-refractivity contribution in [3.8, 4) is 11.4 Å². The summed E-state index contributed by atoms with van der Waals surface area (Å²) >= 11 is 0. The summed E-state index contributed by atoms with van der Waals surface area (Å²) in [6, 6.07) is 6.37. The van der Waals surface area contributed by atoms with Crippen LogP contribution in [0, 0.1) is 6.92 Å². The Morgan fingerprint density at radius 2 is 2.11 bits per heavy atom. The van der Waals surface area contributed by atoms with Gasteiger partial charge in [0.15, 0.2) is 0 Å². The van der Waals surface area contributed by atoms with E-state index in [9.17, 15) is 0 Å². The highest BCUT2D eigenvalue weighted by atomic mass is 16.5. The number of ether oxygens (including phenoxy) is 1. The zero-order valence-corrected chi connectivity index (χ0v) is 11.5. The molecule has 1 heterocycles. The van der Waals surface area contributed by atoms with Crippen LogP contribution in [0.15, 0.2) is 30.7 Å². The topological polar surface area (TPSA) is 27.1 Å². The Balaban J connectivity index is 2.46. The minimum atomic E-state index is 0.503. The van der Waals surface area contributed by atoms with E-state index < -0.39 is 0 Å². The molecule has 3 heteroatoms. The third-order valence-corrected chi connectivity index (χ3v) is 2.94. The van der Waals surface area contributed by atoms with Gasteiger partial charge < -0.3 is 9.30 Å². The van der Waals surface area contributed by atoms with Crippen molar-refractivity contribution in [3.63, 3.8) is 0 Å². The number of hydrogen-bond acceptors (Lipinski definition) is 2. The van der Waals surface area contributed by atoms with Gasteiger partial charge in [-0.05, 0) is 37.5 Å². The molecule has 3 nitrogen and oxygen atoms in total. The van der Waals surface area contributed by atoms with E-state index in [1.807, 2.05) is 30.9 Å². The van der Waals surface area contributed by atoms with Gasteiger partial charge in [0, 0.05) is 6.20 Å². The Morgan fingerprint density at radius 3 is 2.67 bits per heavy atom. The van der Waals surface area contributed by atoms with E-state index in [0.29, 0.717) is 12.5 Å². The molecule has 0 spiro atoms. The van der Waals surface area contributed by atoms with Crippen LogP contribution >= 0.6 is 0 Å². The smallest absolute Gasteiger partial charge is 0.143 e. The first kappa shape index (κ1) is 12.7. The fourth-order valence-electron chi connectivity index (χ4n) is 1.93. The van der Waals surface area contributed by atoms with Gasteiger partial charge in [-0.25, -0.2) is 4.98 Å². The average molecular weight is 244 g/mol. The molecule has 0 saturated heterocycles. The van der Waals surface area contributed by atoms with Gasteiger partial charge in [0.25, 0.3) is 0 Å². The van der Waals surface area contributed by atoms with Gasteiger partial charge in [-0.3, -0.25) is 0 Å². The van der Waals surface area contributed by atoms with Crippen LogP contribution < -0.4 is 4.74 Å². The third-order valence-electron chi connectivity index (χ3n) is 2.94. The fraction of sp³-hybridized carbons (Fsp3) is 0.400. The molecule has 0 unspecified atom stereocenters. The lowest BCUT2D eigenvalue weighted by molar-refractivity contribution is 0.338. The summed E-state index contributed by atoms with van der Waals surface area (Å²) in [5, 5.41) is 0. The summed E-state index contributed by atoms with van der Waals surface area (Å²) < 4.78 is 7.75. The number of nitrogens with zero attached hydrogens (tertiary/aromatic N) is 2. The highest BCUT2D eigenvalue weighted by Gasteiger charge is 2.09. The lowest BCUT2D eigenvalue weighted by Crippen LogP contribution is -2.00. The van der Waals surface area contributed by atoms with E-state index in [2.05, 4.69) is 37.0 Å². The number of imidazole rings is 1. The SMILES string of the molecule is CCOc1cc(C(C)C)ccc1-n1cnc(C)c1. The maximum Gasteiger partial charge on any atom is 0.143 e. The van der Waals surface area contributed by atoms with Crippen molar-refractivity contribution in [2.45, 2.75) is 33.6 Å². The second-order valence-electron chi connectivity index (χ2n) is 4.74. The Kier molecular flexibility index (Phi) is 3.70. The van der Waals surface area contributed by atoms with Gasteiger partial charge in [-0.1, -0.05) is 19.9 Å². The van der Waals surface area contributed by atoms with Gasteiger partial charge in [-0.15, -0.1) is 0 Å². The van der Waals surface area contributed by atoms with Crippen LogP contribution in [0.4, 0.5) is 0 Å². The van der Waals surface area contributed by atoms with E-state index in [0.717, 1.165) is 17.1 Å². The summed E-state index contributed by atoms with van der Waals surface area (Å²) in [5.41, 5.74) is 3.34. The molecule has 0 bridgehead atoms. The molecular formula is C15H20N2O. The molecule has 0 amide bonds. The Labute approximate surface area is 108 Å². The number of rotatable bonds is 4. The van der Waals surface area contributed by atoms with Gasteiger partial charge in [-0.2, -0.15) is 0 Å². The fourth-order valence-corrected chi connectivity index (χ4v) is 1.93. The number of hydrogen-bond donors (Lipinski definition) is 0. The molecule has 0 aliphatic heterocycles. The number of aromatic nitrogens is 2. The van der Waals surface area contributed by atoms with E-state index in [-0.39, 0.29) is 0 Å². The van der Waals surface area contributed by atoms with Crippen LogP contribution in [0.3, 0.4) is 0 Å². The first-order valence-electron chi connectivity index (χ1n) is 6.39. The van der Waals surface area contributed by atoms with Crippen LogP contribution in [0.2, 0.25) is 0 Å². The zero-order valence-electron chi connectivity index (χ0n) is 11.5. The van der Waals surface area contributed by atoms with Crippen LogP contribution in [-0.4, -0.2) is 16.2 Å². The predicted molar refractivity (Wildman–Crippen MR) is 73.6 cm³/mol. The molecule has 18 heavy (non-hydrogen) atoms. The van der Waals surface area contributed by atoms with Crippen molar-refractivity contribution in [1.82, 2.24) is 9.55 Å². The molecule has 0 saturated carbocycles. The molecule has 2 aromatic rings. The molecule has 0 aliphatic carbocycles. The molecular weight excluding hydrogens is 224 g/mol. The molecule has 0 atom stereocenters. The maximum atomic E-state index is 5.74. The molecule has 0 fully saturated rings. The monoisotopic (exact) mass is 244 g/mol. The Bertz CT molecular complexity index is 529. The summed E-state index contributed by atoms with van der Waals surface area (Å²) in [7, 11) is 0. The van der Waals surface area contributed by atoms with Crippen molar-refractivity contribution >= 4 is 0 Å². The Morgan fingerprint density at radius 1 is 1.33 bits per heavy atom. The first-order valence-corrected chi connectivity index (χ1v) is 6.39. The Hall–Kier alpha value is -1.77. The summed E-state index contributed by atoms with van der Waals surface area (Å²) in [4.78, 5) is 4.26. The standard InChI is InChI=1S/C15H20N2O/c1-5-18-15-8-13(11(2)3)6-7-14(15)17-9-12(4)16-10-17/h6-11H,5H2,1-4H3. The highest BCUT2D eigenvalue weighted by Crippen LogP contribution is 2.28. The summed E-state index contributed by atoms with van der Waals surface area (Å²) in [6.07, 6.45) is 3.83. The normalized spacial score (nSPS) is 10.9. The van der Waals surface area contributed by atoms with Gasteiger partial charge in [0.05, 0.1) is 24.3 Å². The van der Waals surface area contributed by atoms with E-state index in [4.69, 9.17) is 4.74 Å². The minimum Gasteiger partial charge on any atom is -0.492 e. The lowest BCUT2D eigenvalue weighted by atomic mass is 10.0. The number of aryl methyl sites for hydroxylation is 1. The van der Waals surface area contributed by atoms with Crippen LogP contribution in [0.1, 0.15) is 37.9 Å². The van der Waals surface area contributed by atoms with Crippen LogP contribution in [0.25, 0.3) is 5.69 Å². The number of benzene rings is 1. The van der Waals surface area contributed by atoms with E-state index in [1.165, 1.54) is 5.56 Å². The van der Waals surface area contributed by atoms with E-state index in [1.54, 1.807) is 0 Å². The van der Waals surface area contributed by atoms with Crippen molar-refractivity contribution in [3.05, 3.63) is 42.0 Å². The van der Waals surface area contributed by atoms with Crippen LogP contribution in [-0.2, 0) is 0 Å². The minimum absolute atomic E-state index is 0.503. The largest absolute Gasteiger partial charge is 0.492 e. The van der Waals surface area contributed by atoms with Gasteiger partial charge in [0.1, 0.15) is 5.75 Å². The second-order valence-corrected chi connectivity index (χ2v) is 4.74. The molecule has 0 aliphatic rings. The highest BCUT2D eigenvalue weighted by molar-refractivity contribution is 5.49. The van der Waals surface area contributed by atoms with Crippen molar-refractivity contribution in [2.75, 3.05) is 6.61 Å². The third kappa shape index (κ3) is 2.55. The lowest BCUT2D eigenvalue weighted by Gasteiger charge is -2.14. The average Bonchev–Trinajstić information content (AvgIpc) is 2.76. The molecule has 1 aromatic heterocycles. The zero-order chi connectivity index (χ0) is 13.1. The molecule has 96 valence electrons. The first-order chi connectivity index (χ1) is 8.61. The van der Waals surface area contributed by atoms with Crippen molar-refractivity contribution < 1.29 is 4.74 Å². The van der Waals surface area contributed by atoms with E-state index >= 15 is 0 Å². The van der Waals surface area contributed by atoms with Gasteiger partial charge in [0.2, 0.25) is 0 Å². The van der Waals surface area contributed by atoms with Gasteiger partial charge >= 0.3 is 0 Å². The van der Waals surface area contributed by atoms with Crippen LogP contribution in [0.5, 0.6) is 5.75 Å².